The van der Waals surface area contributed by atoms with Gasteiger partial charge in [-0.2, -0.15) is 0 Å². The summed E-state index contributed by atoms with van der Waals surface area (Å²) in [5.41, 5.74) is 1.34. The van der Waals surface area contributed by atoms with Crippen LogP contribution in [0.5, 0.6) is 0 Å². The van der Waals surface area contributed by atoms with Crippen LogP contribution in [0.15, 0.2) is 41.8 Å². The van der Waals surface area contributed by atoms with E-state index in [1.165, 1.54) is 62.7 Å². The zero-order chi connectivity index (χ0) is 20.8. The fourth-order valence-electron chi connectivity index (χ4n) is 4.87. The number of hydrogen-bond donors (Lipinski definition) is 2. The van der Waals surface area contributed by atoms with Crippen LogP contribution in [0.3, 0.4) is 0 Å². The minimum Gasteiger partial charge on any atom is -0.350 e. The van der Waals surface area contributed by atoms with Gasteiger partial charge in [-0.05, 0) is 68.4 Å². The fourth-order valence-corrected chi connectivity index (χ4v) is 5.49. The van der Waals surface area contributed by atoms with Gasteiger partial charge >= 0.3 is 0 Å². The SMILES string of the molecule is O=C(NCC1(N2CCCCC2)CCCCC1)c1cccc(NC(=O)c2cccs2)c1. The first-order valence-corrected chi connectivity index (χ1v) is 12.0. The second kappa shape index (κ2) is 9.75. The van der Waals surface area contributed by atoms with Gasteiger partial charge in [0.25, 0.3) is 11.8 Å². The quantitative estimate of drug-likeness (QED) is 0.691. The lowest BCUT2D eigenvalue weighted by Gasteiger charge is -2.48. The van der Waals surface area contributed by atoms with Crippen molar-refractivity contribution < 1.29 is 9.59 Å². The highest BCUT2D eigenvalue weighted by atomic mass is 32.1. The maximum absolute atomic E-state index is 12.9. The lowest BCUT2D eigenvalue weighted by atomic mass is 9.79. The van der Waals surface area contributed by atoms with Gasteiger partial charge in [-0.25, -0.2) is 0 Å². The summed E-state index contributed by atoms with van der Waals surface area (Å²) in [7, 11) is 0. The molecule has 160 valence electrons. The average Bonchev–Trinajstić information content (AvgIpc) is 3.34. The van der Waals surface area contributed by atoms with Crippen LogP contribution < -0.4 is 10.6 Å². The van der Waals surface area contributed by atoms with Gasteiger partial charge in [0, 0.05) is 23.3 Å². The Morgan fingerprint density at radius 2 is 1.70 bits per heavy atom. The summed E-state index contributed by atoms with van der Waals surface area (Å²) in [4.78, 5) is 28.5. The van der Waals surface area contributed by atoms with Crippen LogP contribution in [0.2, 0.25) is 0 Å². The molecule has 0 radical (unpaired) electrons. The van der Waals surface area contributed by atoms with Crippen molar-refractivity contribution in [2.24, 2.45) is 0 Å². The molecule has 1 saturated heterocycles. The molecular weight excluding hydrogens is 394 g/mol. The number of carbonyl (C=O) groups is 2. The molecule has 0 atom stereocenters. The van der Waals surface area contributed by atoms with Gasteiger partial charge in [-0.15, -0.1) is 11.3 Å². The molecule has 30 heavy (non-hydrogen) atoms. The van der Waals surface area contributed by atoms with Gasteiger partial charge in [0.15, 0.2) is 0 Å². The highest BCUT2D eigenvalue weighted by molar-refractivity contribution is 7.12. The van der Waals surface area contributed by atoms with E-state index in [4.69, 9.17) is 0 Å². The van der Waals surface area contributed by atoms with E-state index in [0.29, 0.717) is 22.7 Å². The van der Waals surface area contributed by atoms with E-state index in [-0.39, 0.29) is 17.4 Å². The van der Waals surface area contributed by atoms with E-state index in [9.17, 15) is 9.59 Å². The Kier molecular flexibility index (Phi) is 6.85. The largest absolute Gasteiger partial charge is 0.350 e. The van der Waals surface area contributed by atoms with Gasteiger partial charge < -0.3 is 10.6 Å². The van der Waals surface area contributed by atoms with E-state index in [2.05, 4.69) is 15.5 Å². The zero-order valence-corrected chi connectivity index (χ0v) is 18.3. The molecular formula is C24H31N3O2S. The Bertz CT molecular complexity index is 853. The van der Waals surface area contributed by atoms with E-state index >= 15 is 0 Å². The monoisotopic (exact) mass is 425 g/mol. The molecule has 5 nitrogen and oxygen atoms in total. The third-order valence-electron chi connectivity index (χ3n) is 6.52. The molecule has 0 spiro atoms. The molecule has 2 aliphatic rings. The molecule has 1 aliphatic carbocycles. The van der Waals surface area contributed by atoms with Crippen LogP contribution in [0.1, 0.15) is 71.4 Å². The highest BCUT2D eigenvalue weighted by Gasteiger charge is 2.38. The Morgan fingerprint density at radius 3 is 2.43 bits per heavy atom. The molecule has 2 aromatic rings. The number of rotatable bonds is 6. The van der Waals surface area contributed by atoms with Crippen molar-refractivity contribution in [3.05, 3.63) is 52.2 Å². The topological polar surface area (TPSA) is 61.4 Å². The Balaban J connectivity index is 1.40. The smallest absolute Gasteiger partial charge is 0.265 e. The van der Waals surface area contributed by atoms with Crippen LogP contribution in [0.25, 0.3) is 0 Å². The minimum atomic E-state index is -0.145. The van der Waals surface area contributed by atoms with Crippen LogP contribution in [-0.4, -0.2) is 41.9 Å². The molecule has 6 heteroatoms. The van der Waals surface area contributed by atoms with Crippen LogP contribution >= 0.6 is 11.3 Å². The van der Waals surface area contributed by atoms with E-state index in [1.54, 1.807) is 12.1 Å². The van der Waals surface area contributed by atoms with Crippen molar-refractivity contribution in [1.29, 1.82) is 0 Å². The summed E-state index contributed by atoms with van der Waals surface area (Å²) < 4.78 is 0. The summed E-state index contributed by atoms with van der Waals surface area (Å²) in [6.07, 6.45) is 9.99. The van der Waals surface area contributed by atoms with E-state index in [0.717, 1.165) is 13.1 Å². The van der Waals surface area contributed by atoms with Gasteiger partial charge in [0.05, 0.1) is 4.88 Å². The first kappa shape index (κ1) is 21.1. The third-order valence-corrected chi connectivity index (χ3v) is 7.39. The van der Waals surface area contributed by atoms with Gasteiger partial charge in [-0.3, -0.25) is 14.5 Å². The minimum absolute atomic E-state index is 0.0656. The number of nitrogens with one attached hydrogen (secondary N) is 2. The predicted octanol–water partition coefficient (Wildman–Crippen LogP) is 4.92. The van der Waals surface area contributed by atoms with Crippen molar-refractivity contribution in [3.63, 3.8) is 0 Å². The molecule has 2 amide bonds. The maximum Gasteiger partial charge on any atom is 0.265 e. The molecule has 2 N–H and O–H groups in total. The second-order valence-electron chi connectivity index (χ2n) is 8.53. The Hall–Kier alpha value is -2.18. The van der Waals surface area contributed by atoms with Crippen molar-refractivity contribution in [2.45, 2.75) is 56.9 Å². The Morgan fingerprint density at radius 1 is 0.933 bits per heavy atom. The van der Waals surface area contributed by atoms with Crippen molar-refractivity contribution in [1.82, 2.24) is 10.2 Å². The molecule has 2 fully saturated rings. The molecule has 4 rings (SSSR count). The first-order chi connectivity index (χ1) is 14.7. The normalized spacial score (nSPS) is 19.2. The highest BCUT2D eigenvalue weighted by Crippen LogP contribution is 2.35. The van der Waals surface area contributed by atoms with Gasteiger partial charge in [0.1, 0.15) is 0 Å². The van der Waals surface area contributed by atoms with E-state index < -0.39 is 0 Å². The summed E-state index contributed by atoms with van der Waals surface area (Å²) >= 11 is 1.40. The third kappa shape index (κ3) is 4.93. The molecule has 1 saturated carbocycles. The van der Waals surface area contributed by atoms with Crippen LogP contribution in [-0.2, 0) is 0 Å². The lowest BCUT2D eigenvalue weighted by Crippen LogP contribution is -2.58. The number of piperidine rings is 1. The van der Waals surface area contributed by atoms with Gasteiger partial charge in [-0.1, -0.05) is 37.8 Å². The van der Waals surface area contributed by atoms with Crippen molar-refractivity contribution in [3.8, 4) is 0 Å². The molecule has 1 aromatic carbocycles. The fraction of sp³-hybridized carbons (Fsp3) is 0.500. The lowest BCUT2D eigenvalue weighted by molar-refractivity contribution is 0.0326. The molecule has 2 heterocycles. The number of likely N-dealkylation sites (tertiary alicyclic amines) is 1. The summed E-state index contributed by atoms with van der Waals surface area (Å²) in [5.74, 6) is -0.210. The number of thiophene rings is 1. The Labute approximate surface area is 182 Å². The van der Waals surface area contributed by atoms with Crippen molar-refractivity contribution >= 4 is 28.8 Å². The average molecular weight is 426 g/mol. The summed E-state index contributed by atoms with van der Waals surface area (Å²) in [6.45, 7) is 3.01. The first-order valence-electron chi connectivity index (χ1n) is 11.1. The summed E-state index contributed by atoms with van der Waals surface area (Å²) in [6, 6.07) is 10.9. The number of carbonyl (C=O) groups excluding carboxylic acids is 2. The predicted molar refractivity (Wildman–Crippen MR) is 122 cm³/mol. The molecule has 0 bridgehead atoms. The number of benzene rings is 1. The number of nitrogens with zero attached hydrogens (tertiary/aromatic N) is 1. The molecule has 1 aromatic heterocycles. The van der Waals surface area contributed by atoms with Crippen molar-refractivity contribution in [2.75, 3.05) is 25.0 Å². The second-order valence-corrected chi connectivity index (χ2v) is 9.48. The van der Waals surface area contributed by atoms with Crippen LogP contribution in [0.4, 0.5) is 5.69 Å². The van der Waals surface area contributed by atoms with Gasteiger partial charge in [0.2, 0.25) is 0 Å². The van der Waals surface area contributed by atoms with Crippen LogP contribution in [0, 0.1) is 0 Å². The standard InChI is InChI=1S/C24H31N3O2S/c28-22(19-9-7-10-20(17-19)26-23(29)21-11-8-16-30-21)25-18-24(12-3-1-4-13-24)27-14-5-2-6-15-27/h7-11,16-17H,1-6,12-15,18H2,(H,25,28)(H,26,29). The number of amides is 2. The maximum atomic E-state index is 12.9. The molecule has 0 unspecified atom stereocenters. The van der Waals surface area contributed by atoms with E-state index in [1.807, 2.05) is 29.6 Å². The number of anilines is 1. The summed E-state index contributed by atoms with van der Waals surface area (Å²) in [5, 5.41) is 7.99. The molecule has 1 aliphatic heterocycles. The zero-order valence-electron chi connectivity index (χ0n) is 17.5. The number of hydrogen-bond acceptors (Lipinski definition) is 4.